The van der Waals surface area contributed by atoms with Gasteiger partial charge < -0.3 is 10.1 Å². The molecule has 0 aromatic rings. The molecule has 1 aliphatic heterocycles. The number of ether oxygens (including phenoxy) is 1. The summed E-state index contributed by atoms with van der Waals surface area (Å²) >= 11 is 0. The topological polar surface area (TPSA) is 21.3 Å². The molecule has 0 saturated carbocycles. The van der Waals surface area contributed by atoms with E-state index in [1.54, 1.807) is 6.08 Å². The summed E-state index contributed by atoms with van der Waals surface area (Å²) < 4.78 is 18.5. The molecule has 2 nitrogen and oxygen atoms in total. The van der Waals surface area contributed by atoms with E-state index in [0.29, 0.717) is 13.2 Å². The largest absolute Gasteiger partial charge is 0.488 e. The molecule has 0 aromatic heterocycles. The molecule has 0 saturated heterocycles. The van der Waals surface area contributed by atoms with Gasteiger partial charge in [-0.25, -0.2) is 4.39 Å². The Morgan fingerprint density at radius 3 is 3.00 bits per heavy atom. The van der Waals surface area contributed by atoms with E-state index in [2.05, 4.69) is 17.5 Å². The van der Waals surface area contributed by atoms with E-state index in [1.807, 2.05) is 0 Å². The molecule has 2 aliphatic rings. The summed E-state index contributed by atoms with van der Waals surface area (Å²) in [5.74, 6) is 0.650. The van der Waals surface area contributed by atoms with Gasteiger partial charge in [-0.2, -0.15) is 0 Å². The molecule has 2 rings (SSSR count). The number of rotatable bonds is 0. The zero-order valence-electron chi connectivity index (χ0n) is 8.50. The second kappa shape index (κ2) is 4.82. The molecule has 0 spiro atoms. The van der Waals surface area contributed by atoms with E-state index >= 15 is 0 Å². The van der Waals surface area contributed by atoms with Gasteiger partial charge in [-0.15, -0.1) is 0 Å². The second-order valence-electron chi connectivity index (χ2n) is 3.45. The smallest absolute Gasteiger partial charge is 0.138 e. The van der Waals surface area contributed by atoms with Gasteiger partial charge in [0.2, 0.25) is 0 Å². The molecule has 1 N–H and O–H groups in total. The zero-order chi connectivity index (χ0) is 10.5. The van der Waals surface area contributed by atoms with Crippen molar-refractivity contribution < 1.29 is 9.13 Å². The van der Waals surface area contributed by atoms with Crippen LogP contribution in [0.5, 0.6) is 0 Å². The fourth-order valence-electron chi connectivity index (χ4n) is 1.57. The Kier molecular flexibility index (Phi) is 3.22. The van der Waals surface area contributed by atoms with Crippen LogP contribution in [-0.2, 0) is 4.74 Å². The highest BCUT2D eigenvalue weighted by Crippen LogP contribution is 2.18. The molecule has 1 aliphatic carbocycles. The second-order valence-corrected chi connectivity index (χ2v) is 3.45. The third kappa shape index (κ3) is 2.72. The molecule has 0 fully saturated rings. The van der Waals surface area contributed by atoms with Crippen molar-refractivity contribution in [1.82, 2.24) is 5.32 Å². The maximum Gasteiger partial charge on any atom is 0.138 e. The molecule has 0 atom stereocenters. The standard InChI is InChI=1S/C12H14FNO/c13-10-4-3-9-15-12-6-2-1-5-11(12)14-8-7-10/h3-7,14H,1-2,8-9H2. The molecule has 15 heavy (non-hydrogen) atoms. The van der Waals surface area contributed by atoms with Gasteiger partial charge in [0.15, 0.2) is 0 Å². The van der Waals surface area contributed by atoms with Gasteiger partial charge in [-0.1, -0.05) is 6.08 Å². The van der Waals surface area contributed by atoms with Gasteiger partial charge in [-0.05, 0) is 37.1 Å². The normalized spacial score (nSPS) is 21.3. The van der Waals surface area contributed by atoms with Crippen LogP contribution in [0.4, 0.5) is 4.39 Å². The van der Waals surface area contributed by atoms with E-state index in [-0.39, 0.29) is 5.83 Å². The fourth-order valence-corrected chi connectivity index (χ4v) is 1.57. The molecule has 0 amide bonds. The first-order valence-corrected chi connectivity index (χ1v) is 5.16. The lowest BCUT2D eigenvalue weighted by Crippen LogP contribution is -2.18. The summed E-state index contributed by atoms with van der Waals surface area (Å²) in [5.41, 5.74) is 0.973. The van der Waals surface area contributed by atoms with E-state index in [4.69, 9.17) is 4.74 Å². The quantitative estimate of drug-likeness (QED) is 0.659. The first-order chi connectivity index (χ1) is 7.36. The maximum absolute atomic E-state index is 13.0. The molecule has 80 valence electrons. The van der Waals surface area contributed by atoms with E-state index in [0.717, 1.165) is 24.3 Å². The predicted molar refractivity (Wildman–Crippen MR) is 57.7 cm³/mol. The third-order valence-corrected chi connectivity index (χ3v) is 2.31. The average Bonchev–Trinajstić information content (AvgIpc) is 2.26. The van der Waals surface area contributed by atoms with Crippen LogP contribution in [0.1, 0.15) is 12.8 Å². The summed E-state index contributed by atoms with van der Waals surface area (Å²) in [7, 11) is 0. The fraction of sp³-hybridized carbons (Fsp3) is 0.333. The first kappa shape index (κ1) is 10.0. The number of allylic oxidation sites excluding steroid dienone is 4. The molecule has 0 unspecified atom stereocenters. The zero-order valence-corrected chi connectivity index (χ0v) is 8.50. The minimum atomic E-state index is -0.227. The number of hydrogen-bond acceptors (Lipinski definition) is 2. The van der Waals surface area contributed by atoms with E-state index in [9.17, 15) is 4.39 Å². The van der Waals surface area contributed by atoms with E-state index < -0.39 is 0 Å². The molecule has 0 radical (unpaired) electrons. The number of hydrogen-bond donors (Lipinski definition) is 1. The van der Waals surface area contributed by atoms with Crippen molar-refractivity contribution in [2.45, 2.75) is 12.8 Å². The molecule has 3 heteroatoms. The van der Waals surface area contributed by atoms with Gasteiger partial charge in [-0.3, -0.25) is 0 Å². The molecular weight excluding hydrogens is 193 g/mol. The van der Waals surface area contributed by atoms with Crippen LogP contribution >= 0.6 is 0 Å². The van der Waals surface area contributed by atoms with Crippen LogP contribution in [-0.4, -0.2) is 13.2 Å². The highest BCUT2D eigenvalue weighted by molar-refractivity contribution is 5.28. The lowest BCUT2D eigenvalue weighted by Gasteiger charge is -2.18. The Balaban J connectivity index is 2.12. The molecular formula is C12H14FNO. The maximum atomic E-state index is 13.0. The molecule has 1 heterocycles. The Morgan fingerprint density at radius 2 is 2.07 bits per heavy atom. The minimum Gasteiger partial charge on any atom is -0.488 e. The number of fused-ring (bicyclic) bond motifs is 1. The van der Waals surface area contributed by atoms with Crippen molar-refractivity contribution in [2.24, 2.45) is 0 Å². The van der Waals surface area contributed by atoms with Gasteiger partial charge in [0.1, 0.15) is 18.2 Å². The van der Waals surface area contributed by atoms with Gasteiger partial charge in [0, 0.05) is 6.54 Å². The van der Waals surface area contributed by atoms with Crippen LogP contribution in [0.25, 0.3) is 0 Å². The molecule has 0 bridgehead atoms. The Hall–Kier alpha value is -1.51. The van der Waals surface area contributed by atoms with E-state index in [1.165, 1.54) is 12.2 Å². The summed E-state index contributed by atoms with van der Waals surface area (Å²) in [5, 5.41) is 3.14. The average molecular weight is 207 g/mol. The van der Waals surface area contributed by atoms with Crippen molar-refractivity contribution in [3.8, 4) is 0 Å². The highest BCUT2D eigenvalue weighted by Gasteiger charge is 2.09. The van der Waals surface area contributed by atoms with Gasteiger partial charge in [0.25, 0.3) is 0 Å². The summed E-state index contributed by atoms with van der Waals surface area (Å²) in [6.45, 7) is 0.898. The predicted octanol–water partition coefficient (Wildman–Crippen LogP) is 2.58. The van der Waals surface area contributed by atoms with Crippen molar-refractivity contribution in [1.29, 1.82) is 0 Å². The Bertz CT molecular complexity index is 353. The SMILES string of the molecule is FC1=CCNC2=CCCC=C2OCC=C1. The minimum absolute atomic E-state index is 0.227. The number of halogens is 1. The van der Waals surface area contributed by atoms with Crippen molar-refractivity contribution >= 4 is 0 Å². The van der Waals surface area contributed by atoms with Crippen LogP contribution in [0.15, 0.2) is 47.7 Å². The molecule has 0 aromatic carbocycles. The Morgan fingerprint density at radius 1 is 1.20 bits per heavy atom. The first-order valence-electron chi connectivity index (χ1n) is 5.16. The van der Waals surface area contributed by atoms with Crippen molar-refractivity contribution in [2.75, 3.05) is 13.2 Å². The Labute approximate surface area is 88.8 Å². The van der Waals surface area contributed by atoms with Crippen LogP contribution in [0, 0.1) is 0 Å². The van der Waals surface area contributed by atoms with Gasteiger partial charge in [0.05, 0.1) is 5.70 Å². The highest BCUT2D eigenvalue weighted by atomic mass is 19.1. The van der Waals surface area contributed by atoms with Crippen LogP contribution in [0.3, 0.4) is 0 Å². The van der Waals surface area contributed by atoms with Crippen LogP contribution in [0.2, 0.25) is 0 Å². The van der Waals surface area contributed by atoms with Crippen molar-refractivity contribution in [3.05, 3.63) is 47.7 Å². The lowest BCUT2D eigenvalue weighted by atomic mass is 10.1. The monoisotopic (exact) mass is 207 g/mol. The number of nitrogens with one attached hydrogen (secondary N) is 1. The van der Waals surface area contributed by atoms with Crippen LogP contribution < -0.4 is 5.32 Å². The summed E-state index contributed by atoms with van der Waals surface area (Å²) in [6.07, 6.45) is 10.8. The lowest BCUT2D eigenvalue weighted by molar-refractivity contribution is 0.249. The summed E-state index contributed by atoms with van der Waals surface area (Å²) in [6, 6.07) is 0. The van der Waals surface area contributed by atoms with Gasteiger partial charge >= 0.3 is 0 Å². The van der Waals surface area contributed by atoms with Crippen molar-refractivity contribution in [3.63, 3.8) is 0 Å². The third-order valence-electron chi connectivity index (χ3n) is 2.31. The summed E-state index contributed by atoms with van der Waals surface area (Å²) in [4.78, 5) is 0.